The first-order valence-corrected chi connectivity index (χ1v) is 10.3. The lowest BCUT2D eigenvalue weighted by Gasteiger charge is -2.12. The highest BCUT2D eigenvalue weighted by Crippen LogP contribution is 2.23. The van der Waals surface area contributed by atoms with E-state index in [0.717, 1.165) is 44.4 Å². The molecule has 0 atom stereocenters. The molecule has 0 aliphatic rings. The van der Waals surface area contributed by atoms with Crippen LogP contribution in [-0.4, -0.2) is 16.0 Å². The highest BCUT2D eigenvalue weighted by atomic mass is 16.2. The molecule has 4 aromatic carbocycles. The van der Waals surface area contributed by atoms with Crippen LogP contribution in [0.2, 0.25) is 0 Å². The summed E-state index contributed by atoms with van der Waals surface area (Å²) in [4.78, 5) is 21.3. The van der Waals surface area contributed by atoms with Crippen molar-refractivity contribution in [3.63, 3.8) is 0 Å². The first-order chi connectivity index (χ1) is 15.8. The van der Waals surface area contributed by atoms with E-state index in [9.17, 15) is 4.79 Å². The molecule has 5 aromatic rings. The van der Waals surface area contributed by atoms with Crippen LogP contribution >= 0.6 is 0 Å². The fourth-order valence-corrected chi connectivity index (χ4v) is 3.71. The molecular weight excluding hydrogens is 398 g/mol. The predicted octanol–water partition coefficient (Wildman–Crippen LogP) is 6.04. The Morgan fingerprint density at radius 1 is 0.750 bits per heavy atom. The number of nitrogens with zero attached hydrogens (tertiary/aromatic N) is 2. The Hall–Kier alpha value is -4.45. The molecule has 1 heterocycles. The first-order valence-electron chi connectivity index (χ1n) is 10.3. The SMILES string of the molecule is O=C(Nc1cccc(CNc2ncnc3ccccc23)c1)Nc1cccc2ccccc12. The summed E-state index contributed by atoms with van der Waals surface area (Å²) in [6.45, 7) is 0.571. The summed E-state index contributed by atoms with van der Waals surface area (Å²) in [5.74, 6) is 0.780. The van der Waals surface area contributed by atoms with Crippen molar-refractivity contribution in [2.24, 2.45) is 0 Å². The van der Waals surface area contributed by atoms with Crippen LogP contribution in [0.25, 0.3) is 21.7 Å². The summed E-state index contributed by atoms with van der Waals surface area (Å²) >= 11 is 0. The minimum Gasteiger partial charge on any atom is -0.365 e. The molecule has 0 saturated heterocycles. The minimum absolute atomic E-state index is 0.284. The van der Waals surface area contributed by atoms with Gasteiger partial charge in [-0.1, -0.05) is 60.7 Å². The van der Waals surface area contributed by atoms with Gasteiger partial charge in [0.2, 0.25) is 0 Å². The number of para-hydroxylation sites is 1. The van der Waals surface area contributed by atoms with Crippen LogP contribution in [0.4, 0.5) is 22.0 Å². The maximum absolute atomic E-state index is 12.6. The highest BCUT2D eigenvalue weighted by Gasteiger charge is 2.07. The van der Waals surface area contributed by atoms with Crippen molar-refractivity contribution in [3.05, 3.63) is 103 Å². The number of benzene rings is 4. The number of rotatable bonds is 5. The van der Waals surface area contributed by atoms with E-state index in [1.54, 1.807) is 6.33 Å². The van der Waals surface area contributed by atoms with Gasteiger partial charge in [-0.15, -0.1) is 0 Å². The zero-order valence-corrected chi connectivity index (χ0v) is 17.2. The van der Waals surface area contributed by atoms with Crippen LogP contribution in [0.1, 0.15) is 5.56 Å². The second-order valence-corrected chi connectivity index (χ2v) is 7.40. The van der Waals surface area contributed by atoms with Crippen molar-refractivity contribution in [3.8, 4) is 0 Å². The van der Waals surface area contributed by atoms with E-state index in [1.165, 1.54) is 0 Å². The molecule has 2 amide bonds. The molecular formula is C26H21N5O. The van der Waals surface area contributed by atoms with Crippen molar-refractivity contribution >= 4 is 44.9 Å². The lowest BCUT2D eigenvalue weighted by molar-refractivity contribution is 0.262. The van der Waals surface area contributed by atoms with E-state index < -0.39 is 0 Å². The van der Waals surface area contributed by atoms with E-state index in [-0.39, 0.29) is 6.03 Å². The molecule has 6 heteroatoms. The summed E-state index contributed by atoms with van der Waals surface area (Å²) in [5.41, 5.74) is 3.41. The maximum atomic E-state index is 12.6. The van der Waals surface area contributed by atoms with Crippen LogP contribution in [-0.2, 0) is 6.54 Å². The Morgan fingerprint density at radius 2 is 1.53 bits per heavy atom. The zero-order chi connectivity index (χ0) is 21.8. The van der Waals surface area contributed by atoms with Gasteiger partial charge in [0, 0.05) is 23.0 Å². The Kier molecular flexibility index (Phi) is 5.32. The fraction of sp³-hybridized carbons (Fsp3) is 0.0385. The third-order valence-corrected chi connectivity index (χ3v) is 5.23. The van der Waals surface area contributed by atoms with E-state index in [1.807, 2.05) is 91.0 Å². The van der Waals surface area contributed by atoms with Gasteiger partial charge in [-0.25, -0.2) is 14.8 Å². The number of fused-ring (bicyclic) bond motifs is 2. The van der Waals surface area contributed by atoms with Crippen molar-refractivity contribution in [2.45, 2.75) is 6.54 Å². The third kappa shape index (κ3) is 4.20. The lowest BCUT2D eigenvalue weighted by Crippen LogP contribution is -2.19. The molecule has 32 heavy (non-hydrogen) atoms. The van der Waals surface area contributed by atoms with Crippen molar-refractivity contribution in [1.82, 2.24) is 9.97 Å². The van der Waals surface area contributed by atoms with Crippen molar-refractivity contribution in [2.75, 3.05) is 16.0 Å². The zero-order valence-electron chi connectivity index (χ0n) is 17.2. The van der Waals surface area contributed by atoms with Crippen LogP contribution in [0.3, 0.4) is 0 Å². The number of carbonyl (C=O) groups is 1. The van der Waals surface area contributed by atoms with Crippen molar-refractivity contribution in [1.29, 1.82) is 0 Å². The summed E-state index contributed by atoms with van der Waals surface area (Å²) in [5, 5.41) is 12.3. The molecule has 1 aromatic heterocycles. The molecule has 0 bridgehead atoms. The summed E-state index contributed by atoms with van der Waals surface area (Å²) < 4.78 is 0. The number of carbonyl (C=O) groups excluding carboxylic acids is 1. The van der Waals surface area contributed by atoms with E-state index in [4.69, 9.17) is 0 Å². The monoisotopic (exact) mass is 419 g/mol. The van der Waals surface area contributed by atoms with Crippen LogP contribution in [0, 0.1) is 0 Å². The molecule has 0 saturated carbocycles. The van der Waals surface area contributed by atoms with Gasteiger partial charge >= 0.3 is 6.03 Å². The number of anilines is 3. The third-order valence-electron chi connectivity index (χ3n) is 5.23. The Labute approximate surface area is 185 Å². The smallest absolute Gasteiger partial charge is 0.323 e. The molecule has 6 nitrogen and oxygen atoms in total. The fourth-order valence-electron chi connectivity index (χ4n) is 3.71. The summed E-state index contributed by atoms with van der Waals surface area (Å²) in [7, 11) is 0. The topological polar surface area (TPSA) is 78.9 Å². The second-order valence-electron chi connectivity index (χ2n) is 7.40. The molecule has 3 N–H and O–H groups in total. The molecule has 0 fully saturated rings. The number of nitrogens with one attached hydrogen (secondary N) is 3. The van der Waals surface area contributed by atoms with Gasteiger partial charge in [-0.05, 0) is 41.3 Å². The lowest BCUT2D eigenvalue weighted by atomic mass is 10.1. The van der Waals surface area contributed by atoms with Crippen LogP contribution in [0.15, 0.2) is 97.3 Å². The van der Waals surface area contributed by atoms with Gasteiger partial charge in [0.05, 0.1) is 11.2 Å². The normalized spacial score (nSPS) is 10.8. The van der Waals surface area contributed by atoms with Gasteiger partial charge in [-0.2, -0.15) is 0 Å². The molecule has 0 aliphatic heterocycles. The molecule has 0 spiro atoms. The molecule has 5 rings (SSSR count). The number of hydrogen-bond donors (Lipinski definition) is 3. The number of urea groups is 1. The van der Waals surface area contributed by atoms with Gasteiger partial charge in [0.15, 0.2) is 0 Å². The van der Waals surface area contributed by atoms with Crippen LogP contribution in [0.5, 0.6) is 0 Å². The van der Waals surface area contributed by atoms with Crippen LogP contribution < -0.4 is 16.0 Å². The summed E-state index contributed by atoms with van der Waals surface area (Å²) in [6, 6.07) is 29.1. The Bertz CT molecular complexity index is 1410. The predicted molar refractivity (Wildman–Crippen MR) is 130 cm³/mol. The average Bonchev–Trinajstić information content (AvgIpc) is 2.83. The first kappa shape index (κ1) is 19.5. The minimum atomic E-state index is -0.284. The van der Waals surface area contributed by atoms with E-state index in [2.05, 4.69) is 25.9 Å². The maximum Gasteiger partial charge on any atom is 0.323 e. The molecule has 156 valence electrons. The number of hydrogen-bond acceptors (Lipinski definition) is 4. The second kappa shape index (κ2) is 8.73. The Morgan fingerprint density at radius 3 is 2.47 bits per heavy atom. The van der Waals surface area contributed by atoms with Gasteiger partial charge in [0.25, 0.3) is 0 Å². The van der Waals surface area contributed by atoms with Gasteiger partial charge in [-0.3, -0.25) is 0 Å². The molecule has 0 aliphatic carbocycles. The average molecular weight is 419 g/mol. The van der Waals surface area contributed by atoms with E-state index >= 15 is 0 Å². The summed E-state index contributed by atoms with van der Waals surface area (Å²) in [6.07, 6.45) is 1.56. The quantitative estimate of drug-likeness (QED) is 0.325. The van der Waals surface area contributed by atoms with Gasteiger partial charge < -0.3 is 16.0 Å². The number of amides is 2. The molecule has 0 unspecified atom stereocenters. The Balaban J connectivity index is 1.27. The number of aromatic nitrogens is 2. The van der Waals surface area contributed by atoms with Crippen molar-refractivity contribution < 1.29 is 4.79 Å². The standard InChI is InChI=1S/C26H21N5O/c32-26(31-24-14-6-9-19-8-1-2-11-21(19)24)30-20-10-5-7-18(15-20)16-27-25-22-12-3-4-13-23(22)28-17-29-25/h1-15,17H,16H2,(H,27,28,29)(H2,30,31,32). The highest BCUT2D eigenvalue weighted by molar-refractivity contribution is 6.06. The molecule has 0 radical (unpaired) electrons. The largest absolute Gasteiger partial charge is 0.365 e. The van der Waals surface area contributed by atoms with E-state index in [0.29, 0.717) is 6.54 Å². The van der Waals surface area contributed by atoms with Gasteiger partial charge in [0.1, 0.15) is 12.1 Å².